The highest BCUT2D eigenvalue weighted by Gasteiger charge is 2.25. The maximum Gasteiger partial charge on any atom is 0.303 e. The minimum atomic E-state index is -0.698. The normalized spacial score (nSPS) is 23.9. The molecule has 140 valence electrons. The summed E-state index contributed by atoms with van der Waals surface area (Å²) in [6.07, 6.45) is 14.1. The number of allylic oxidation sites excluding steroid dienone is 6. The van der Waals surface area contributed by atoms with Crippen molar-refractivity contribution in [3.63, 3.8) is 0 Å². The van der Waals surface area contributed by atoms with Crippen LogP contribution in [0, 0.1) is 11.8 Å². The summed E-state index contributed by atoms with van der Waals surface area (Å²) in [5.74, 6) is 0.769. The second-order valence-electron chi connectivity index (χ2n) is 7.40. The predicted molar refractivity (Wildman–Crippen MR) is 107 cm³/mol. The number of aliphatic carboxylic acids is 1. The first-order valence-corrected chi connectivity index (χ1v) is 9.64. The van der Waals surface area contributed by atoms with E-state index in [0.29, 0.717) is 6.61 Å². The lowest BCUT2D eigenvalue weighted by Gasteiger charge is -2.21. The topological polar surface area (TPSA) is 49.8 Å². The van der Waals surface area contributed by atoms with Crippen molar-refractivity contribution in [1.29, 1.82) is 0 Å². The summed E-state index contributed by atoms with van der Waals surface area (Å²) < 4.78 is 6.33. The van der Waals surface area contributed by atoms with Gasteiger partial charge >= 0.3 is 5.97 Å². The lowest BCUT2D eigenvalue weighted by molar-refractivity contribution is -0.138. The van der Waals surface area contributed by atoms with Crippen molar-refractivity contribution in [1.82, 2.24) is 4.90 Å². The van der Waals surface area contributed by atoms with Gasteiger partial charge in [0.1, 0.15) is 12.4 Å². The van der Waals surface area contributed by atoms with Crippen LogP contribution in [0.25, 0.3) is 11.8 Å². The summed E-state index contributed by atoms with van der Waals surface area (Å²) in [5, 5.41) is 8.97. The van der Waals surface area contributed by atoms with Crippen LogP contribution in [0.4, 0.5) is 0 Å². The monoisotopic (exact) mass is 363 g/mol. The molecule has 1 saturated heterocycles. The third kappa shape index (κ3) is 4.06. The molecule has 0 amide bonds. The zero-order chi connectivity index (χ0) is 18.6. The summed E-state index contributed by atoms with van der Waals surface area (Å²) in [6.45, 7) is 3.24. The van der Waals surface area contributed by atoms with Crippen molar-refractivity contribution in [3.8, 4) is 0 Å². The Morgan fingerprint density at radius 3 is 2.96 bits per heavy atom. The predicted octanol–water partition coefficient (Wildman–Crippen LogP) is 3.98. The molecule has 4 heteroatoms. The Kier molecular flexibility index (Phi) is 5.26. The summed E-state index contributed by atoms with van der Waals surface area (Å²) in [5.41, 5.74) is 3.51. The molecule has 2 unspecified atom stereocenters. The summed E-state index contributed by atoms with van der Waals surface area (Å²) in [6, 6.07) is 8.35. The molecule has 2 atom stereocenters. The Hall–Kier alpha value is -2.59. The van der Waals surface area contributed by atoms with Crippen molar-refractivity contribution >= 4 is 17.8 Å². The minimum absolute atomic E-state index is 0.240. The van der Waals surface area contributed by atoms with Gasteiger partial charge in [-0.3, -0.25) is 9.69 Å². The second-order valence-corrected chi connectivity index (χ2v) is 7.40. The molecule has 1 aromatic rings. The molecule has 1 heterocycles. The van der Waals surface area contributed by atoms with Gasteiger partial charge in [-0.05, 0) is 24.4 Å². The number of benzene rings is 1. The number of rotatable bonds is 6. The number of carboxylic acid groups (broad SMARTS) is 1. The zero-order valence-electron chi connectivity index (χ0n) is 15.4. The lowest BCUT2D eigenvalue weighted by Crippen LogP contribution is -2.25. The highest BCUT2D eigenvalue weighted by atomic mass is 16.5. The molecule has 1 N–H and O–H groups in total. The van der Waals surface area contributed by atoms with Gasteiger partial charge in [0.05, 0.1) is 0 Å². The molecule has 2 aliphatic carbocycles. The molecule has 0 bridgehead atoms. The number of fused-ring (bicyclic) bond motifs is 2. The van der Waals surface area contributed by atoms with Crippen LogP contribution in [-0.4, -0.2) is 42.2 Å². The highest BCUT2D eigenvalue weighted by Crippen LogP contribution is 2.35. The molecule has 0 spiro atoms. The van der Waals surface area contributed by atoms with Crippen LogP contribution >= 0.6 is 0 Å². The Balaban J connectivity index is 1.46. The molecule has 0 radical (unpaired) electrons. The van der Waals surface area contributed by atoms with Crippen LogP contribution < -0.4 is 0 Å². The Morgan fingerprint density at radius 2 is 2.07 bits per heavy atom. The molecule has 1 fully saturated rings. The molecule has 1 aromatic carbocycles. The number of ether oxygens (including phenoxy) is 1. The van der Waals surface area contributed by atoms with Crippen molar-refractivity contribution in [2.45, 2.75) is 12.8 Å². The molecular formula is C23H25NO3. The summed E-state index contributed by atoms with van der Waals surface area (Å²) in [4.78, 5) is 13.2. The van der Waals surface area contributed by atoms with E-state index in [1.165, 1.54) is 11.1 Å². The average molecular weight is 363 g/mol. The van der Waals surface area contributed by atoms with E-state index >= 15 is 0 Å². The van der Waals surface area contributed by atoms with Gasteiger partial charge in [-0.25, -0.2) is 0 Å². The van der Waals surface area contributed by atoms with Gasteiger partial charge in [0, 0.05) is 36.6 Å². The summed E-state index contributed by atoms with van der Waals surface area (Å²) in [7, 11) is 0. The fourth-order valence-corrected chi connectivity index (χ4v) is 4.13. The molecule has 27 heavy (non-hydrogen) atoms. The fourth-order valence-electron chi connectivity index (χ4n) is 4.13. The fraction of sp³-hybridized carbons (Fsp3) is 0.348. The number of hydrogen-bond donors (Lipinski definition) is 1. The molecule has 1 aliphatic heterocycles. The first kappa shape index (κ1) is 17.8. The van der Waals surface area contributed by atoms with Gasteiger partial charge in [-0.1, -0.05) is 60.7 Å². The van der Waals surface area contributed by atoms with Crippen molar-refractivity contribution in [2.24, 2.45) is 11.8 Å². The number of carboxylic acids is 1. The van der Waals surface area contributed by atoms with E-state index in [1.807, 2.05) is 0 Å². The van der Waals surface area contributed by atoms with Crippen LogP contribution in [0.5, 0.6) is 0 Å². The van der Waals surface area contributed by atoms with Crippen LogP contribution in [0.2, 0.25) is 0 Å². The van der Waals surface area contributed by atoms with Crippen molar-refractivity contribution < 1.29 is 14.6 Å². The average Bonchev–Trinajstić information content (AvgIpc) is 3.04. The first-order chi connectivity index (χ1) is 13.2. The van der Waals surface area contributed by atoms with E-state index in [2.05, 4.69) is 65.6 Å². The molecule has 4 nitrogen and oxygen atoms in total. The maximum absolute atomic E-state index is 10.9. The number of nitrogens with zero attached hydrogens (tertiary/aromatic N) is 1. The quantitative estimate of drug-likeness (QED) is 0.831. The lowest BCUT2D eigenvalue weighted by atomic mass is 9.93. The van der Waals surface area contributed by atoms with Gasteiger partial charge in [0.2, 0.25) is 0 Å². The second kappa shape index (κ2) is 7.97. The van der Waals surface area contributed by atoms with Gasteiger partial charge in [-0.15, -0.1) is 0 Å². The molecule has 3 aliphatic rings. The van der Waals surface area contributed by atoms with Gasteiger partial charge in [0.15, 0.2) is 0 Å². The third-order valence-corrected chi connectivity index (χ3v) is 5.50. The SMILES string of the molecule is O=C(O)CC1CCN(CCOC2=C3C=CC=CC3C=Cc3ccccc32)C1. The van der Waals surface area contributed by atoms with Gasteiger partial charge < -0.3 is 9.84 Å². The minimum Gasteiger partial charge on any atom is -0.491 e. The van der Waals surface area contributed by atoms with E-state index in [4.69, 9.17) is 9.84 Å². The van der Waals surface area contributed by atoms with E-state index in [-0.39, 0.29) is 18.3 Å². The first-order valence-electron chi connectivity index (χ1n) is 9.64. The van der Waals surface area contributed by atoms with Gasteiger partial charge in [-0.2, -0.15) is 0 Å². The van der Waals surface area contributed by atoms with Gasteiger partial charge in [0.25, 0.3) is 0 Å². The van der Waals surface area contributed by atoms with E-state index in [0.717, 1.165) is 37.4 Å². The number of carbonyl (C=O) groups is 1. The van der Waals surface area contributed by atoms with Crippen LogP contribution in [0.1, 0.15) is 24.0 Å². The van der Waals surface area contributed by atoms with E-state index in [9.17, 15) is 4.79 Å². The molecule has 0 aromatic heterocycles. The third-order valence-electron chi connectivity index (χ3n) is 5.50. The van der Waals surface area contributed by atoms with Crippen molar-refractivity contribution in [2.75, 3.05) is 26.2 Å². The van der Waals surface area contributed by atoms with Crippen molar-refractivity contribution in [3.05, 3.63) is 71.3 Å². The zero-order valence-corrected chi connectivity index (χ0v) is 15.4. The Morgan fingerprint density at radius 1 is 1.19 bits per heavy atom. The number of likely N-dealkylation sites (tertiary alicyclic amines) is 1. The summed E-state index contributed by atoms with van der Waals surface area (Å²) >= 11 is 0. The molecular weight excluding hydrogens is 338 g/mol. The number of hydrogen-bond acceptors (Lipinski definition) is 3. The molecule has 4 rings (SSSR count). The van der Waals surface area contributed by atoms with Crippen LogP contribution in [-0.2, 0) is 9.53 Å². The maximum atomic E-state index is 10.9. The standard InChI is InChI=1S/C23H25NO3/c25-22(26)15-17-11-12-24(16-17)13-14-27-23-20-7-3-1-5-18(20)9-10-19-6-2-4-8-21(19)23/h1-10,17-18H,11-16H2,(H,25,26). The molecule has 0 saturated carbocycles. The van der Waals surface area contributed by atoms with E-state index < -0.39 is 5.97 Å². The van der Waals surface area contributed by atoms with E-state index in [1.54, 1.807) is 0 Å². The van der Waals surface area contributed by atoms with Crippen LogP contribution in [0.15, 0.2) is 60.2 Å². The van der Waals surface area contributed by atoms with Crippen LogP contribution in [0.3, 0.4) is 0 Å². The Labute approximate surface area is 160 Å². The highest BCUT2D eigenvalue weighted by molar-refractivity contribution is 5.78. The smallest absolute Gasteiger partial charge is 0.303 e. The Bertz CT molecular complexity index is 834. The largest absolute Gasteiger partial charge is 0.491 e.